The molecule has 176 valence electrons. The van der Waals surface area contributed by atoms with Crippen LogP contribution in [0.15, 0.2) is 84.5 Å². The van der Waals surface area contributed by atoms with Crippen molar-refractivity contribution < 1.29 is 23.5 Å². The van der Waals surface area contributed by atoms with E-state index < -0.39 is 11.8 Å². The Morgan fingerprint density at radius 1 is 1.19 bits per heavy atom. The number of amides is 2. The van der Waals surface area contributed by atoms with Gasteiger partial charge in [0.15, 0.2) is 6.61 Å². The smallest absolute Gasteiger partial charge is 0.261 e. The third kappa shape index (κ3) is 17.1. The number of halogens is 2. The molecule has 0 saturated carbocycles. The van der Waals surface area contributed by atoms with E-state index in [0.29, 0.717) is 21.9 Å². The maximum Gasteiger partial charge on any atom is 0.261 e. The molecule has 0 aromatic rings. The predicted molar refractivity (Wildman–Crippen MR) is 131 cm³/mol. The zero-order valence-corrected chi connectivity index (χ0v) is 20.2. The van der Waals surface area contributed by atoms with Crippen LogP contribution >= 0.6 is 20.8 Å². The lowest BCUT2D eigenvalue weighted by Gasteiger charge is -2.10. The third-order valence-electron chi connectivity index (χ3n) is 3.44. The van der Waals surface area contributed by atoms with Crippen LogP contribution in [-0.2, 0) is 19.1 Å². The molecule has 32 heavy (non-hydrogen) atoms. The van der Waals surface area contributed by atoms with E-state index in [-0.39, 0.29) is 38.5 Å². The minimum atomic E-state index is -1.18. The van der Waals surface area contributed by atoms with Gasteiger partial charge >= 0.3 is 0 Å². The Morgan fingerprint density at radius 3 is 2.53 bits per heavy atom. The summed E-state index contributed by atoms with van der Waals surface area (Å²) < 4.78 is 23.0. The third-order valence-corrected chi connectivity index (χ3v) is 4.08. The van der Waals surface area contributed by atoms with Crippen molar-refractivity contribution in [1.29, 1.82) is 0 Å². The molecular weight excluding hydrogens is 454 g/mol. The Hall–Kier alpha value is -2.63. The van der Waals surface area contributed by atoms with Crippen LogP contribution in [0.2, 0.25) is 0 Å². The maximum atomic E-state index is 12.8. The average molecular weight is 485 g/mol. The first-order chi connectivity index (χ1) is 15.1. The predicted octanol–water partition coefficient (Wildman–Crippen LogP) is 4.56. The van der Waals surface area contributed by atoms with Crippen LogP contribution in [0.4, 0.5) is 4.39 Å². The van der Waals surface area contributed by atoms with Gasteiger partial charge in [-0.25, -0.2) is 4.39 Å². The van der Waals surface area contributed by atoms with E-state index in [4.69, 9.17) is 21.1 Å². The van der Waals surface area contributed by atoms with Crippen LogP contribution in [0.5, 0.6) is 0 Å². The monoisotopic (exact) mass is 484 g/mol. The summed E-state index contributed by atoms with van der Waals surface area (Å²) >= 11 is 5.88. The van der Waals surface area contributed by atoms with Crippen molar-refractivity contribution >= 4 is 32.7 Å². The summed E-state index contributed by atoms with van der Waals surface area (Å²) in [5.74, 6) is -1.81. The molecule has 0 bridgehead atoms. The van der Waals surface area contributed by atoms with Gasteiger partial charge in [0, 0.05) is 29.3 Å². The van der Waals surface area contributed by atoms with Crippen LogP contribution in [0.25, 0.3) is 0 Å². The number of hydrogen-bond acceptors (Lipinski definition) is 4. The van der Waals surface area contributed by atoms with Crippen molar-refractivity contribution in [3.63, 3.8) is 0 Å². The topological polar surface area (TPSA) is 76.7 Å². The van der Waals surface area contributed by atoms with E-state index in [2.05, 4.69) is 30.4 Å². The number of carbonyl (C=O) groups excluding carboxylic acids is 2. The van der Waals surface area contributed by atoms with Gasteiger partial charge in [0.05, 0.1) is 12.5 Å². The highest BCUT2D eigenvalue weighted by molar-refractivity contribution is 7.17. The van der Waals surface area contributed by atoms with Crippen molar-refractivity contribution in [3.8, 4) is 0 Å². The van der Waals surface area contributed by atoms with E-state index in [1.807, 2.05) is 9.24 Å². The number of alkyl halides is 1. The van der Waals surface area contributed by atoms with Crippen LogP contribution < -0.4 is 10.6 Å². The van der Waals surface area contributed by atoms with Crippen molar-refractivity contribution in [2.24, 2.45) is 0 Å². The minimum Gasteiger partial charge on any atom is -0.497 e. The van der Waals surface area contributed by atoms with Gasteiger partial charge in [-0.2, -0.15) is 0 Å². The summed E-state index contributed by atoms with van der Waals surface area (Å²) in [5, 5.41) is 5.77. The Bertz CT molecular complexity index is 789. The fourth-order valence-electron chi connectivity index (χ4n) is 1.87. The van der Waals surface area contributed by atoms with Crippen molar-refractivity contribution in [1.82, 2.24) is 10.6 Å². The number of carbonyl (C=O) groups is 2. The summed E-state index contributed by atoms with van der Waals surface area (Å²) in [6.07, 6.45) is 11.2. The highest BCUT2D eigenvalue weighted by Gasteiger charge is 2.07. The second-order valence-corrected chi connectivity index (χ2v) is 7.63. The lowest BCUT2D eigenvalue weighted by Crippen LogP contribution is -2.28. The zero-order chi connectivity index (χ0) is 24.4. The number of nitrogens with one attached hydrogen (secondary N) is 2. The van der Waals surface area contributed by atoms with E-state index in [1.165, 1.54) is 12.5 Å². The number of ether oxygens (including phenoxy) is 2. The first-order valence-corrected chi connectivity index (χ1v) is 10.7. The van der Waals surface area contributed by atoms with Gasteiger partial charge in [-0.05, 0) is 31.1 Å². The molecule has 0 aliphatic carbocycles. The highest BCUT2D eigenvalue weighted by Crippen LogP contribution is 2.11. The summed E-state index contributed by atoms with van der Waals surface area (Å²) in [4.78, 5) is 23.9. The molecule has 6 nitrogen and oxygen atoms in total. The second kappa shape index (κ2) is 18.0. The van der Waals surface area contributed by atoms with Crippen LogP contribution in [0, 0.1) is 0 Å². The second-order valence-electron chi connectivity index (χ2n) is 6.50. The van der Waals surface area contributed by atoms with Gasteiger partial charge in [-0.1, -0.05) is 58.8 Å². The average Bonchev–Trinajstić information content (AvgIpc) is 2.72. The molecule has 0 aliphatic heterocycles. The molecule has 0 saturated heterocycles. The molecule has 0 heterocycles. The van der Waals surface area contributed by atoms with Crippen LogP contribution in [-0.4, -0.2) is 37.5 Å². The molecule has 2 unspecified atom stereocenters. The highest BCUT2D eigenvalue weighted by atomic mass is 35.5. The van der Waals surface area contributed by atoms with Gasteiger partial charge in [0.1, 0.15) is 12.5 Å². The molecule has 0 aliphatic rings. The Morgan fingerprint density at radius 2 is 1.91 bits per heavy atom. The summed E-state index contributed by atoms with van der Waals surface area (Å²) in [5.41, 5.74) is 1.75. The van der Waals surface area contributed by atoms with E-state index in [1.54, 1.807) is 37.3 Å². The molecule has 0 radical (unpaired) electrons. The summed E-state index contributed by atoms with van der Waals surface area (Å²) in [6.45, 7) is 12.6. The van der Waals surface area contributed by atoms with Crippen molar-refractivity contribution in [3.05, 3.63) is 84.5 Å². The lowest BCUT2D eigenvalue weighted by molar-refractivity contribution is -0.124. The lowest BCUT2D eigenvalue weighted by atomic mass is 10.2. The molecule has 2 atom stereocenters. The molecule has 0 aromatic heterocycles. The van der Waals surface area contributed by atoms with Crippen molar-refractivity contribution in [2.75, 3.05) is 19.8 Å². The van der Waals surface area contributed by atoms with Gasteiger partial charge < -0.3 is 20.1 Å². The van der Waals surface area contributed by atoms with E-state index in [0.717, 1.165) is 0 Å². The van der Waals surface area contributed by atoms with Crippen molar-refractivity contribution in [2.45, 2.75) is 25.7 Å². The number of allylic oxidation sites excluding steroid dienone is 7. The largest absolute Gasteiger partial charge is 0.497 e. The van der Waals surface area contributed by atoms with Gasteiger partial charge in [0.25, 0.3) is 5.91 Å². The number of hydrogen-bond donors (Lipinski definition) is 2. The maximum absolute atomic E-state index is 12.8. The Balaban J connectivity index is 4.28. The van der Waals surface area contributed by atoms with E-state index >= 15 is 0 Å². The molecule has 2 amide bonds. The molecule has 0 spiro atoms. The first kappa shape index (κ1) is 29.4. The Labute approximate surface area is 196 Å². The zero-order valence-electron chi connectivity index (χ0n) is 18.2. The van der Waals surface area contributed by atoms with Crippen LogP contribution in [0.1, 0.15) is 19.8 Å². The standard InChI is InChI=1S/C23H31ClFN2O4P/c1-5-6-8-19(14-31-15-21(25)32)13-26-22(28)11-10-18(4)27-23(29)16-30-12-7-9-20(24)17(2)3/h5-9,12,14,21H,1-2,4,10-11,13,15-16,32H2,3H3,(H,26,28)(H,27,29)/b8-6-,12-7+,19-14-,20-9+. The summed E-state index contributed by atoms with van der Waals surface area (Å²) in [7, 11) is 1.99. The number of rotatable bonds is 16. The molecular formula is C23H31ClFN2O4P. The first-order valence-electron chi connectivity index (χ1n) is 9.69. The van der Waals surface area contributed by atoms with Gasteiger partial charge in [0.2, 0.25) is 5.91 Å². The van der Waals surface area contributed by atoms with E-state index in [9.17, 15) is 14.0 Å². The Kier molecular flexibility index (Phi) is 16.5. The van der Waals surface area contributed by atoms with Gasteiger partial charge in [-0.3, -0.25) is 9.59 Å². The fourth-order valence-corrected chi connectivity index (χ4v) is 2.06. The fraction of sp³-hybridized carbons (Fsp3) is 0.304. The molecule has 2 N–H and O–H groups in total. The van der Waals surface area contributed by atoms with Gasteiger partial charge in [-0.15, -0.1) is 0 Å². The molecule has 0 rings (SSSR count). The quantitative estimate of drug-likeness (QED) is 0.191. The SMILES string of the molecule is C=C/C=C\C(=C\OCC(F)P)CNC(=O)CCC(=C)NC(=O)CO/C=C/C=C(/Cl)C(=C)C. The molecule has 9 heteroatoms. The minimum absolute atomic E-state index is 0.109. The summed E-state index contributed by atoms with van der Waals surface area (Å²) in [6, 6.07) is 0. The normalized spacial score (nSPS) is 13.0. The molecule has 0 fully saturated rings. The van der Waals surface area contributed by atoms with Crippen LogP contribution in [0.3, 0.4) is 0 Å². The molecule has 0 aromatic carbocycles.